The van der Waals surface area contributed by atoms with E-state index in [0.29, 0.717) is 13.1 Å². The number of hydrogen-bond donors (Lipinski definition) is 1. The fourth-order valence-electron chi connectivity index (χ4n) is 3.12. The van der Waals surface area contributed by atoms with Crippen molar-refractivity contribution >= 4 is 6.03 Å². The van der Waals surface area contributed by atoms with Gasteiger partial charge in [-0.25, -0.2) is 9.78 Å². The minimum Gasteiger partial charge on any atom is -0.376 e. The zero-order valence-electron chi connectivity index (χ0n) is 14.9. The van der Waals surface area contributed by atoms with E-state index in [2.05, 4.69) is 16.4 Å². The van der Waals surface area contributed by atoms with Crippen LogP contribution in [0.25, 0.3) is 5.69 Å². The minimum atomic E-state index is -0.0745. The molecule has 0 spiro atoms. The highest BCUT2D eigenvalue weighted by molar-refractivity contribution is 5.74. The minimum absolute atomic E-state index is 0.0430. The highest BCUT2D eigenvalue weighted by Gasteiger charge is 2.22. The van der Waals surface area contributed by atoms with Crippen LogP contribution in [0.3, 0.4) is 0 Å². The lowest BCUT2D eigenvalue weighted by Gasteiger charge is -2.26. The van der Waals surface area contributed by atoms with E-state index in [9.17, 15) is 4.79 Å². The van der Waals surface area contributed by atoms with Gasteiger partial charge in [0.1, 0.15) is 0 Å². The van der Waals surface area contributed by atoms with Crippen molar-refractivity contribution in [3.05, 3.63) is 48.5 Å². The topological polar surface area (TPSA) is 59.4 Å². The molecule has 1 aromatic carbocycles. The van der Waals surface area contributed by atoms with Crippen LogP contribution in [0.1, 0.15) is 38.3 Å². The van der Waals surface area contributed by atoms with E-state index in [1.54, 1.807) is 12.5 Å². The van der Waals surface area contributed by atoms with Gasteiger partial charge in [0, 0.05) is 37.8 Å². The monoisotopic (exact) mass is 342 g/mol. The van der Waals surface area contributed by atoms with Crippen LogP contribution >= 0.6 is 0 Å². The number of urea groups is 1. The zero-order valence-corrected chi connectivity index (χ0v) is 14.9. The lowest BCUT2D eigenvalue weighted by atomic mass is 10.1. The predicted octanol–water partition coefficient (Wildman–Crippen LogP) is 3.14. The third-order valence-corrected chi connectivity index (χ3v) is 4.63. The summed E-state index contributed by atoms with van der Waals surface area (Å²) in [5, 5.41) is 3.10. The van der Waals surface area contributed by atoms with Crippen molar-refractivity contribution < 1.29 is 9.53 Å². The Kier molecular flexibility index (Phi) is 5.71. The van der Waals surface area contributed by atoms with E-state index in [4.69, 9.17) is 4.74 Å². The SMILES string of the molecule is CCN(C[C@H]1CCCO1)C(=O)N[C@H](C)c1cccc(-n2ccnc2)c1. The van der Waals surface area contributed by atoms with E-state index in [1.165, 1.54) is 0 Å². The molecule has 2 amide bonds. The van der Waals surface area contributed by atoms with Gasteiger partial charge in [-0.1, -0.05) is 12.1 Å². The molecule has 2 aromatic rings. The molecule has 6 nitrogen and oxygen atoms in total. The second-order valence-corrected chi connectivity index (χ2v) is 6.41. The molecule has 6 heteroatoms. The van der Waals surface area contributed by atoms with Crippen molar-refractivity contribution in [1.82, 2.24) is 19.8 Å². The normalized spacial score (nSPS) is 18.1. The molecule has 134 valence electrons. The number of benzene rings is 1. The van der Waals surface area contributed by atoms with E-state index in [-0.39, 0.29) is 18.2 Å². The quantitative estimate of drug-likeness (QED) is 0.877. The third-order valence-electron chi connectivity index (χ3n) is 4.63. The van der Waals surface area contributed by atoms with Gasteiger partial charge in [0.2, 0.25) is 0 Å². The van der Waals surface area contributed by atoms with E-state index in [1.807, 2.05) is 47.7 Å². The van der Waals surface area contributed by atoms with Crippen LogP contribution in [0.5, 0.6) is 0 Å². The summed E-state index contributed by atoms with van der Waals surface area (Å²) in [6, 6.07) is 8.00. The summed E-state index contributed by atoms with van der Waals surface area (Å²) in [5.41, 5.74) is 2.09. The molecule has 2 atom stereocenters. The van der Waals surface area contributed by atoms with Crippen molar-refractivity contribution in [2.24, 2.45) is 0 Å². The summed E-state index contributed by atoms with van der Waals surface area (Å²) in [6.45, 7) is 6.14. The van der Waals surface area contributed by atoms with Crippen LogP contribution in [0.15, 0.2) is 43.0 Å². The number of imidazole rings is 1. The summed E-state index contributed by atoms with van der Waals surface area (Å²) in [4.78, 5) is 18.5. The highest BCUT2D eigenvalue weighted by atomic mass is 16.5. The molecule has 0 unspecified atom stereocenters. The number of aromatic nitrogens is 2. The van der Waals surface area contributed by atoms with E-state index < -0.39 is 0 Å². The van der Waals surface area contributed by atoms with Crippen molar-refractivity contribution in [2.75, 3.05) is 19.7 Å². The smallest absolute Gasteiger partial charge is 0.317 e. The van der Waals surface area contributed by atoms with Crippen LogP contribution in [0.2, 0.25) is 0 Å². The number of likely N-dealkylation sites (N-methyl/N-ethyl adjacent to an activating group) is 1. The van der Waals surface area contributed by atoms with Crippen molar-refractivity contribution in [2.45, 2.75) is 38.8 Å². The van der Waals surface area contributed by atoms with E-state index >= 15 is 0 Å². The van der Waals surface area contributed by atoms with Gasteiger partial charge in [-0.15, -0.1) is 0 Å². The number of rotatable bonds is 6. The van der Waals surface area contributed by atoms with Crippen LogP contribution in [-0.4, -0.2) is 46.3 Å². The maximum atomic E-state index is 12.6. The van der Waals surface area contributed by atoms with Gasteiger partial charge in [-0.05, 0) is 44.4 Å². The summed E-state index contributed by atoms with van der Waals surface area (Å²) in [6.07, 6.45) is 7.71. The lowest BCUT2D eigenvalue weighted by Crippen LogP contribution is -2.44. The first-order valence-electron chi connectivity index (χ1n) is 8.92. The fourth-order valence-corrected chi connectivity index (χ4v) is 3.12. The largest absolute Gasteiger partial charge is 0.376 e. The Hall–Kier alpha value is -2.34. The molecule has 1 saturated heterocycles. The average molecular weight is 342 g/mol. The number of carbonyl (C=O) groups excluding carboxylic acids is 1. The summed E-state index contributed by atoms with van der Waals surface area (Å²) >= 11 is 0. The maximum absolute atomic E-state index is 12.6. The number of carbonyl (C=O) groups is 1. The zero-order chi connectivity index (χ0) is 17.6. The molecule has 1 aromatic heterocycles. The molecular weight excluding hydrogens is 316 g/mol. The Balaban J connectivity index is 1.63. The number of ether oxygens (including phenoxy) is 1. The first kappa shape index (κ1) is 17.5. The molecule has 0 bridgehead atoms. The Morgan fingerprint density at radius 1 is 1.52 bits per heavy atom. The molecule has 1 aliphatic rings. The second kappa shape index (κ2) is 8.16. The molecule has 2 heterocycles. The first-order valence-corrected chi connectivity index (χ1v) is 8.92. The average Bonchev–Trinajstić information content (AvgIpc) is 3.33. The summed E-state index contributed by atoms with van der Waals surface area (Å²) in [7, 11) is 0. The molecule has 0 radical (unpaired) electrons. The standard InChI is InChI=1S/C19H26N4O2/c1-3-22(13-18-8-5-11-25-18)19(24)21-15(2)16-6-4-7-17(12-16)23-10-9-20-14-23/h4,6-7,9-10,12,14-15,18H,3,5,8,11,13H2,1-2H3,(H,21,24)/t15-,18-/m1/s1. The maximum Gasteiger partial charge on any atom is 0.317 e. The van der Waals surface area contributed by atoms with Crippen molar-refractivity contribution in [1.29, 1.82) is 0 Å². The third kappa shape index (κ3) is 4.39. The van der Waals surface area contributed by atoms with Gasteiger partial charge in [-0.3, -0.25) is 0 Å². The van der Waals surface area contributed by atoms with Gasteiger partial charge in [-0.2, -0.15) is 0 Å². The van der Waals surface area contributed by atoms with Gasteiger partial charge in [0.25, 0.3) is 0 Å². The molecule has 25 heavy (non-hydrogen) atoms. The van der Waals surface area contributed by atoms with Crippen LogP contribution in [0, 0.1) is 0 Å². The Labute approximate surface area is 148 Å². The second-order valence-electron chi connectivity index (χ2n) is 6.41. The van der Waals surface area contributed by atoms with Crippen LogP contribution in [0.4, 0.5) is 4.79 Å². The summed E-state index contributed by atoms with van der Waals surface area (Å²) in [5.74, 6) is 0. The van der Waals surface area contributed by atoms with Gasteiger partial charge in [0.05, 0.1) is 18.5 Å². The Morgan fingerprint density at radius 3 is 3.08 bits per heavy atom. The summed E-state index contributed by atoms with van der Waals surface area (Å²) < 4.78 is 7.60. The number of amides is 2. The predicted molar refractivity (Wildman–Crippen MR) is 96.7 cm³/mol. The van der Waals surface area contributed by atoms with Gasteiger partial charge < -0.3 is 19.5 Å². The van der Waals surface area contributed by atoms with Crippen LogP contribution < -0.4 is 5.32 Å². The van der Waals surface area contributed by atoms with Crippen molar-refractivity contribution in [3.8, 4) is 5.69 Å². The molecule has 1 N–H and O–H groups in total. The van der Waals surface area contributed by atoms with Gasteiger partial charge in [0.15, 0.2) is 0 Å². The number of nitrogens with one attached hydrogen (secondary N) is 1. The molecule has 3 rings (SSSR count). The Morgan fingerprint density at radius 2 is 2.40 bits per heavy atom. The molecule has 0 saturated carbocycles. The van der Waals surface area contributed by atoms with Crippen molar-refractivity contribution in [3.63, 3.8) is 0 Å². The Bertz CT molecular complexity index is 680. The molecule has 1 aliphatic heterocycles. The number of hydrogen-bond acceptors (Lipinski definition) is 3. The van der Waals surface area contributed by atoms with Gasteiger partial charge >= 0.3 is 6.03 Å². The van der Waals surface area contributed by atoms with Crippen LogP contribution in [-0.2, 0) is 4.74 Å². The molecule has 0 aliphatic carbocycles. The number of nitrogens with zero attached hydrogens (tertiary/aromatic N) is 3. The first-order chi connectivity index (χ1) is 12.2. The molecular formula is C19H26N4O2. The lowest BCUT2D eigenvalue weighted by molar-refractivity contribution is 0.0822. The fraction of sp³-hybridized carbons (Fsp3) is 0.474. The highest BCUT2D eigenvalue weighted by Crippen LogP contribution is 2.18. The molecule has 1 fully saturated rings. The van der Waals surface area contributed by atoms with E-state index in [0.717, 1.165) is 30.7 Å².